The summed E-state index contributed by atoms with van der Waals surface area (Å²) in [6.07, 6.45) is 0. The van der Waals surface area contributed by atoms with Crippen LogP contribution in [0.4, 0.5) is 4.79 Å². The minimum Gasteiger partial charge on any atom is -0.343 e. The fraction of sp³-hybridized carbons (Fsp3) is 0.316. The first-order valence-corrected chi connectivity index (χ1v) is 9.33. The van der Waals surface area contributed by atoms with Crippen molar-refractivity contribution in [3.63, 3.8) is 0 Å². The highest BCUT2D eigenvalue weighted by molar-refractivity contribution is 7.10. The highest BCUT2D eigenvalue weighted by Crippen LogP contribution is 2.27. The Bertz CT molecular complexity index is 800. The number of nitrogens with one attached hydrogen (secondary N) is 2. The summed E-state index contributed by atoms with van der Waals surface area (Å²) in [7, 11) is 0. The number of thiophene rings is 1. The number of carbonyl (C=O) groups excluding carboxylic acids is 3. The molecule has 3 rings (SSSR count). The van der Waals surface area contributed by atoms with Crippen LogP contribution in [-0.2, 0) is 9.59 Å². The van der Waals surface area contributed by atoms with Crippen molar-refractivity contribution in [1.82, 2.24) is 15.5 Å². The van der Waals surface area contributed by atoms with E-state index in [1.807, 2.05) is 29.6 Å². The summed E-state index contributed by atoms with van der Waals surface area (Å²) in [5, 5.41) is 7.12. The van der Waals surface area contributed by atoms with Gasteiger partial charge in [-0.15, -0.1) is 11.3 Å². The van der Waals surface area contributed by atoms with Crippen molar-refractivity contribution in [1.29, 1.82) is 0 Å². The molecule has 1 saturated heterocycles. The lowest BCUT2D eigenvalue weighted by atomic mass is 9.98. The van der Waals surface area contributed by atoms with Crippen molar-refractivity contribution in [2.75, 3.05) is 13.1 Å². The third kappa shape index (κ3) is 4.11. The number of hydrogen-bond acceptors (Lipinski definition) is 4. The van der Waals surface area contributed by atoms with Crippen molar-refractivity contribution < 1.29 is 14.4 Å². The maximum Gasteiger partial charge on any atom is 0.325 e. The summed E-state index contributed by atoms with van der Waals surface area (Å²) in [5.74, 6) is -0.256. The van der Waals surface area contributed by atoms with Gasteiger partial charge in [0.2, 0.25) is 11.8 Å². The molecular formula is C19H21N3O3S. The predicted molar refractivity (Wildman–Crippen MR) is 99.9 cm³/mol. The predicted octanol–water partition coefficient (Wildman–Crippen LogP) is 2.63. The van der Waals surface area contributed by atoms with Crippen LogP contribution in [0.5, 0.6) is 0 Å². The smallest absolute Gasteiger partial charge is 0.325 e. The number of hydrogen-bond donors (Lipinski definition) is 2. The van der Waals surface area contributed by atoms with Crippen LogP contribution in [0.25, 0.3) is 0 Å². The van der Waals surface area contributed by atoms with E-state index in [1.54, 1.807) is 11.3 Å². The van der Waals surface area contributed by atoms with E-state index in [-0.39, 0.29) is 30.9 Å². The van der Waals surface area contributed by atoms with E-state index < -0.39 is 6.03 Å². The molecule has 2 heterocycles. The number of amides is 4. The van der Waals surface area contributed by atoms with Gasteiger partial charge in [0, 0.05) is 4.88 Å². The van der Waals surface area contributed by atoms with Gasteiger partial charge in [0.25, 0.3) is 0 Å². The molecule has 0 spiro atoms. The average molecular weight is 371 g/mol. The Balaban J connectivity index is 1.76. The summed E-state index contributed by atoms with van der Waals surface area (Å²) in [5.41, 5.74) is 2.21. The maximum absolute atomic E-state index is 12.5. The second-order valence-corrected chi connectivity index (χ2v) is 7.53. The quantitative estimate of drug-likeness (QED) is 0.766. The topological polar surface area (TPSA) is 78.5 Å². The molecule has 1 aliphatic rings. The van der Waals surface area contributed by atoms with E-state index in [0.29, 0.717) is 5.92 Å². The van der Waals surface area contributed by atoms with Gasteiger partial charge in [-0.25, -0.2) is 4.79 Å². The molecule has 0 bridgehead atoms. The summed E-state index contributed by atoms with van der Waals surface area (Å²) in [6, 6.07) is 11.3. The molecule has 136 valence electrons. The number of carbonyl (C=O) groups is 3. The van der Waals surface area contributed by atoms with E-state index in [0.717, 1.165) is 10.4 Å². The number of benzene rings is 1. The normalized spacial score (nSPS) is 15.3. The lowest BCUT2D eigenvalue weighted by Crippen LogP contribution is -2.40. The molecule has 1 fully saturated rings. The van der Waals surface area contributed by atoms with Gasteiger partial charge in [0.1, 0.15) is 13.1 Å². The Hall–Kier alpha value is -2.67. The summed E-state index contributed by atoms with van der Waals surface area (Å²) in [6.45, 7) is 4.04. The third-order valence-electron chi connectivity index (χ3n) is 4.27. The van der Waals surface area contributed by atoms with Crippen molar-refractivity contribution in [2.24, 2.45) is 0 Å². The van der Waals surface area contributed by atoms with Crippen molar-refractivity contribution in [3.05, 3.63) is 57.8 Å². The lowest BCUT2D eigenvalue weighted by Gasteiger charge is -2.21. The Kier molecular flexibility index (Phi) is 5.37. The third-order valence-corrected chi connectivity index (χ3v) is 5.21. The molecular weight excluding hydrogens is 350 g/mol. The van der Waals surface area contributed by atoms with Gasteiger partial charge in [-0.1, -0.05) is 44.2 Å². The van der Waals surface area contributed by atoms with Crippen LogP contribution in [0, 0.1) is 0 Å². The van der Waals surface area contributed by atoms with Crippen LogP contribution < -0.4 is 10.6 Å². The van der Waals surface area contributed by atoms with E-state index in [9.17, 15) is 14.4 Å². The second-order valence-electron chi connectivity index (χ2n) is 6.55. The molecule has 1 aromatic heterocycles. The van der Waals surface area contributed by atoms with Gasteiger partial charge < -0.3 is 10.2 Å². The molecule has 7 heteroatoms. The molecule has 1 aliphatic heterocycles. The Morgan fingerprint density at radius 2 is 1.88 bits per heavy atom. The Morgan fingerprint density at radius 3 is 2.42 bits per heavy atom. The molecule has 1 aromatic carbocycles. The summed E-state index contributed by atoms with van der Waals surface area (Å²) in [4.78, 5) is 37.6. The zero-order valence-electron chi connectivity index (χ0n) is 14.7. The van der Waals surface area contributed by atoms with Gasteiger partial charge in [-0.2, -0.15) is 0 Å². The van der Waals surface area contributed by atoms with Crippen molar-refractivity contribution in [3.8, 4) is 0 Å². The van der Waals surface area contributed by atoms with Crippen LogP contribution in [0.15, 0.2) is 41.8 Å². The van der Waals surface area contributed by atoms with Gasteiger partial charge >= 0.3 is 6.03 Å². The Morgan fingerprint density at radius 1 is 1.19 bits per heavy atom. The van der Waals surface area contributed by atoms with Gasteiger partial charge in [-0.05, 0) is 28.5 Å². The first-order chi connectivity index (χ1) is 12.4. The molecule has 0 saturated carbocycles. The van der Waals surface area contributed by atoms with Crippen LogP contribution in [-0.4, -0.2) is 35.8 Å². The molecule has 2 aromatic rings. The molecule has 0 aliphatic carbocycles. The zero-order valence-corrected chi connectivity index (χ0v) is 15.5. The minimum atomic E-state index is -0.529. The van der Waals surface area contributed by atoms with E-state index in [4.69, 9.17) is 0 Å². The number of nitrogens with zero attached hydrogens (tertiary/aromatic N) is 1. The Labute approximate surface area is 156 Å². The highest BCUT2D eigenvalue weighted by Gasteiger charge is 2.29. The molecule has 1 atom stereocenters. The van der Waals surface area contributed by atoms with Gasteiger partial charge in [0.05, 0.1) is 6.04 Å². The first-order valence-electron chi connectivity index (χ1n) is 8.45. The van der Waals surface area contributed by atoms with Crippen LogP contribution in [0.3, 0.4) is 0 Å². The van der Waals surface area contributed by atoms with Crippen molar-refractivity contribution >= 4 is 29.2 Å². The largest absolute Gasteiger partial charge is 0.343 e. The fourth-order valence-electron chi connectivity index (χ4n) is 2.84. The molecule has 1 unspecified atom stereocenters. The number of imide groups is 1. The minimum absolute atomic E-state index is 0.0843. The van der Waals surface area contributed by atoms with E-state index in [1.165, 1.54) is 10.5 Å². The standard InChI is InChI=1S/C19H21N3O3S/c1-12(2)13-5-7-14(8-6-13)18(15-4-3-9-26-15)20-16(23)10-22-11-17(24)21-19(22)25/h3-9,12,18H,10-11H2,1-2H3,(H,20,23)(H,21,24,25). The van der Waals surface area contributed by atoms with Crippen LogP contribution >= 0.6 is 11.3 Å². The van der Waals surface area contributed by atoms with Gasteiger partial charge in [-0.3, -0.25) is 14.9 Å². The molecule has 2 N–H and O–H groups in total. The van der Waals surface area contributed by atoms with E-state index in [2.05, 4.69) is 36.6 Å². The summed E-state index contributed by atoms with van der Waals surface area (Å²) >= 11 is 1.56. The SMILES string of the molecule is CC(C)c1ccc(C(NC(=O)CN2CC(=O)NC2=O)c2cccs2)cc1. The second kappa shape index (κ2) is 7.70. The monoisotopic (exact) mass is 371 g/mol. The molecule has 0 radical (unpaired) electrons. The molecule has 26 heavy (non-hydrogen) atoms. The average Bonchev–Trinajstić information content (AvgIpc) is 3.23. The highest BCUT2D eigenvalue weighted by atomic mass is 32.1. The zero-order chi connectivity index (χ0) is 18.7. The fourth-order valence-corrected chi connectivity index (χ4v) is 3.64. The number of rotatable bonds is 6. The summed E-state index contributed by atoms with van der Waals surface area (Å²) < 4.78 is 0. The number of urea groups is 1. The lowest BCUT2D eigenvalue weighted by molar-refractivity contribution is -0.122. The van der Waals surface area contributed by atoms with Crippen LogP contribution in [0.1, 0.15) is 41.8 Å². The van der Waals surface area contributed by atoms with E-state index >= 15 is 0 Å². The van der Waals surface area contributed by atoms with Crippen LogP contribution in [0.2, 0.25) is 0 Å². The first kappa shape index (κ1) is 18.1. The molecule has 6 nitrogen and oxygen atoms in total. The molecule has 4 amide bonds. The van der Waals surface area contributed by atoms with Crippen molar-refractivity contribution in [2.45, 2.75) is 25.8 Å². The maximum atomic E-state index is 12.5. The van der Waals surface area contributed by atoms with Gasteiger partial charge in [0.15, 0.2) is 0 Å².